The fraction of sp³-hybridized carbons (Fsp3) is 0.250. The van der Waals surface area contributed by atoms with Crippen LogP contribution in [0.3, 0.4) is 0 Å². The zero-order valence-electron chi connectivity index (χ0n) is 11.7. The Balaban J connectivity index is 2.08. The first kappa shape index (κ1) is 14.9. The minimum atomic E-state index is 0.453. The molecule has 0 bridgehead atoms. The second-order valence-corrected chi connectivity index (χ2v) is 5.40. The smallest absolute Gasteiger partial charge is 0.123 e. The monoisotopic (exact) mass is 335 g/mol. The second-order valence-electron chi connectivity index (χ2n) is 4.55. The summed E-state index contributed by atoms with van der Waals surface area (Å²) in [5.41, 5.74) is 8.93. The van der Waals surface area contributed by atoms with Gasteiger partial charge < -0.3 is 15.2 Å². The second kappa shape index (κ2) is 6.77. The normalized spacial score (nSPS) is 10.4. The largest absolute Gasteiger partial charge is 0.496 e. The molecule has 2 aromatic rings. The van der Waals surface area contributed by atoms with Crippen LogP contribution in [0.2, 0.25) is 0 Å². The van der Waals surface area contributed by atoms with E-state index in [1.54, 1.807) is 7.11 Å². The lowest BCUT2D eigenvalue weighted by Crippen LogP contribution is -2.02. The molecule has 20 heavy (non-hydrogen) atoms. The summed E-state index contributed by atoms with van der Waals surface area (Å²) < 4.78 is 12.1. The van der Waals surface area contributed by atoms with Crippen LogP contribution in [0.4, 0.5) is 0 Å². The summed E-state index contributed by atoms with van der Waals surface area (Å²) in [6.45, 7) is 3.00. The zero-order chi connectivity index (χ0) is 14.5. The maximum atomic E-state index is 5.80. The predicted octanol–water partition coefficient (Wildman–Crippen LogP) is 3.80. The highest BCUT2D eigenvalue weighted by Gasteiger charge is 2.04. The van der Waals surface area contributed by atoms with Gasteiger partial charge in [0.1, 0.15) is 18.1 Å². The van der Waals surface area contributed by atoms with E-state index in [0.29, 0.717) is 13.2 Å². The lowest BCUT2D eigenvalue weighted by molar-refractivity contribution is 0.305. The van der Waals surface area contributed by atoms with Crippen molar-refractivity contribution in [3.63, 3.8) is 0 Å². The van der Waals surface area contributed by atoms with Crippen molar-refractivity contribution in [2.24, 2.45) is 5.73 Å². The van der Waals surface area contributed by atoms with E-state index in [-0.39, 0.29) is 0 Å². The Hall–Kier alpha value is -1.52. The predicted molar refractivity (Wildman–Crippen MR) is 84.1 cm³/mol. The van der Waals surface area contributed by atoms with Crippen LogP contribution in [0.5, 0.6) is 11.5 Å². The van der Waals surface area contributed by atoms with Crippen LogP contribution in [-0.2, 0) is 13.2 Å². The highest BCUT2D eigenvalue weighted by Crippen LogP contribution is 2.23. The van der Waals surface area contributed by atoms with Gasteiger partial charge in [-0.05, 0) is 48.4 Å². The summed E-state index contributed by atoms with van der Waals surface area (Å²) in [4.78, 5) is 0. The molecule has 0 spiro atoms. The topological polar surface area (TPSA) is 44.5 Å². The molecule has 2 aromatic carbocycles. The Morgan fingerprint density at radius 2 is 1.95 bits per heavy atom. The molecule has 0 atom stereocenters. The molecule has 2 rings (SSSR count). The van der Waals surface area contributed by atoms with Crippen molar-refractivity contribution in [1.29, 1.82) is 0 Å². The van der Waals surface area contributed by atoms with Gasteiger partial charge in [-0.1, -0.05) is 22.0 Å². The van der Waals surface area contributed by atoms with E-state index in [1.807, 2.05) is 43.3 Å². The van der Waals surface area contributed by atoms with Gasteiger partial charge in [-0.15, -0.1) is 0 Å². The first-order valence-electron chi connectivity index (χ1n) is 6.39. The number of nitrogens with two attached hydrogens (primary N) is 1. The van der Waals surface area contributed by atoms with E-state index in [2.05, 4.69) is 15.9 Å². The zero-order valence-corrected chi connectivity index (χ0v) is 13.2. The summed E-state index contributed by atoms with van der Waals surface area (Å²) in [6.07, 6.45) is 0. The van der Waals surface area contributed by atoms with Gasteiger partial charge in [0.15, 0.2) is 0 Å². The average molecular weight is 336 g/mol. The van der Waals surface area contributed by atoms with E-state index in [4.69, 9.17) is 15.2 Å². The Morgan fingerprint density at radius 1 is 1.15 bits per heavy atom. The number of aryl methyl sites for hydroxylation is 1. The first-order chi connectivity index (χ1) is 9.63. The van der Waals surface area contributed by atoms with Crippen LogP contribution in [0.25, 0.3) is 0 Å². The molecule has 3 nitrogen and oxygen atoms in total. The van der Waals surface area contributed by atoms with Crippen LogP contribution in [-0.4, -0.2) is 7.11 Å². The summed E-state index contributed by atoms with van der Waals surface area (Å²) in [6, 6.07) is 11.9. The Labute approximate surface area is 127 Å². The van der Waals surface area contributed by atoms with Gasteiger partial charge in [0.05, 0.1) is 7.11 Å². The molecule has 0 heterocycles. The van der Waals surface area contributed by atoms with E-state index < -0.39 is 0 Å². The molecule has 0 fully saturated rings. The maximum Gasteiger partial charge on any atom is 0.123 e. The molecule has 0 aliphatic carbocycles. The first-order valence-corrected chi connectivity index (χ1v) is 7.18. The molecule has 0 unspecified atom stereocenters. The van der Waals surface area contributed by atoms with Crippen LogP contribution in [0.1, 0.15) is 16.7 Å². The molecule has 0 saturated heterocycles. The van der Waals surface area contributed by atoms with Crippen LogP contribution >= 0.6 is 15.9 Å². The number of rotatable bonds is 5. The fourth-order valence-corrected chi connectivity index (χ4v) is 2.20. The third-order valence-electron chi connectivity index (χ3n) is 3.10. The van der Waals surface area contributed by atoms with Crippen LogP contribution < -0.4 is 15.2 Å². The van der Waals surface area contributed by atoms with E-state index in [1.165, 1.54) is 0 Å². The number of halogens is 1. The third-order valence-corrected chi connectivity index (χ3v) is 3.99. The molecular weight excluding hydrogens is 318 g/mol. The number of hydrogen-bond donors (Lipinski definition) is 1. The maximum absolute atomic E-state index is 5.80. The minimum Gasteiger partial charge on any atom is -0.496 e. The van der Waals surface area contributed by atoms with Crippen LogP contribution in [0.15, 0.2) is 40.9 Å². The molecule has 0 aliphatic heterocycles. The van der Waals surface area contributed by atoms with Crippen molar-refractivity contribution >= 4 is 15.9 Å². The number of ether oxygens (including phenoxy) is 2. The standard InChI is InChI=1S/C16H18BrNO2/c1-11-7-14(4-5-15(11)17)20-10-12-3-6-16(19-2)13(8-12)9-18/h3-8H,9-10,18H2,1-2H3. The molecule has 0 radical (unpaired) electrons. The summed E-state index contributed by atoms with van der Waals surface area (Å²) >= 11 is 3.48. The molecule has 0 amide bonds. The molecule has 0 aliphatic rings. The van der Waals surface area contributed by atoms with Crippen molar-refractivity contribution in [3.8, 4) is 11.5 Å². The Kier molecular flexibility index (Phi) is 5.04. The summed E-state index contributed by atoms with van der Waals surface area (Å²) in [7, 11) is 1.65. The minimum absolute atomic E-state index is 0.453. The van der Waals surface area contributed by atoms with E-state index >= 15 is 0 Å². The lowest BCUT2D eigenvalue weighted by Gasteiger charge is -2.11. The third kappa shape index (κ3) is 3.52. The van der Waals surface area contributed by atoms with Crippen molar-refractivity contribution in [1.82, 2.24) is 0 Å². The fourth-order valence-electron chi connectivity index (χ4n) is 1.95. The molecule has 0 saturated carbocycles. The molecule has 4 heteroatoms. The van der Waals surface area contributed by atoms with Gasteiger partial charge in [0.2, 0.25) is 0 Å². The van der Waals surface area contributed by atoms with Gasteiger partial charge in [-0.3, -0.25) is 0 Å². The van der Waals surface area contributed by atoms with Gasteiger partial charge in [0, 0.05) is 16.6 Å². The SMILES string of the molecule is COc1ccc(COc2ccc(Br)c(C)c2)cc1CN. The molecule has 106 valence electrons. The average Bonchev–Trinajstić information content (AvgIpc) is 2.48. The summed E-state index contributed by atoms with van der Waals surface area (Å²) in [5.74, 6) is 1.67. The van der Waals surface area contributed by atoms with Crippen molar-refractivity contribution in [2.45, 2.75) is 20.1 Å². The highest BCUT2D eigenvalue weighted by molar-refractivity contribution is 9.10. The van der Waals surface area contributed by atoms with Crippen molar-refractivity contribution < 1.29 is 9.47 Å². The van der Waals surface area contributed by atoms with Crippen molar-refractivity contribution in [3.05, 3.63) is 57.6 Å². The Bertz CT molecular complexity index is 599. The van der Waals surface area contributed by atoms with Gasteiger partial charge in [0.25, 0.3) is 0 Å². The van der Waals surface area contributed by atoms with Gasteiger partial charge in [-0.25, -0.2) is 0 Å². The van der Waals surface area contributed by atoms with E-state index in [0.717, 1.165) is 32.7 Å². The quantitative estimate of drug-likeness (QED) is 0.903. The molecule has 0 aromatic heterocycles. The number of benzene rings is 2. The van der Waals surface area contributed by atoms with Gasteiger partial charge >= 0.3 is 0 Å². The van der Waals surface area contributed by atoms with Crippen LogP contribution in [0, 0.1) is 6.92 Å². The number of hydrogen-bond acceptors (Lipinski definition) is 3. The highest BCUT2D eigenvalue weighted by atomic mass is 79.9. The number of methoxy groups -OCH3 is 1. The summed E-state index contributed by atoms with van der Waals surface area (Å²) in [5, 5.41) is 0. The van der Waals surface area contributed by atoms with Crippen molar-refractivity contribution in [2.75, 3.05) is 7.11 Å². The van der Waals surface area contributed by atoms with Gasteiger partial charge in [-0.2, -0.15) is 0 Å². The molecular formula is C16H18BrNO2. The lowest BCUT2D eigenvalue weighted by atomic mass is 10.1. The Morgan fingerprint density at radius 3 is 2.60 bits per heavy atom. The molecule has 2 N–H and O–H groups in total. The van der Waals surface area contributed by atoms with E-state index in [9.17, 15) is 0 Å².